The van der Waals surface area contributed by atoms with Crippen molar-refractivity contribution in [3.05, 3.63) is 47.5 Å². The lowest BCUT2D eigenvalue weighted by atomic mass is 9.91. The molecule has 1 N–H and O–H groups in total. The van der Waals surface area contributed by atoms with Crippen LogP contribution in [0.2, 0.25) is 0 Å². The number of hydrogen-bond donors (Lipinski definition) is 1. The molecule has 1 heterocycles. The number of rotatable bonds is 5. The third-order valence-corrected chi connectivity index (χ3v) is 4.02. The van der Waals surface area contributed by atoms with Gasteiger partial charge in [0.1, 0.15) is 18.8 Å². The third-order valence-electron chi connectivity index (χ3n) is 4.02. The molecule has 1 aromatic rings. The summed E-state index contributed by atoms with van der Waals surface area (Å²) in [5, 5.41) is 10.5. The fourth-order valence-corrected chi connectivity index (χ4v) is 2.77. The van der Waals surface area contributed by atoms with E-state index in [0.29, 0.717) is 5.57 Å². The summed E-state index contributed by atoms with van der Waals surface area (Å²) in [4.78, 5) is 12.0. The van der Waals surface area contributed by atoms with Crippen molar-refractivity contribution in [3.8, 4) is 0 Å². The maximum atomic E-state index is 13.8. The highest BCUT2D eigenvalue weighted by molar-refractivity contribution is 5.89. The lowest BCUT2D eigenvalue weighted by molar-refractivity contribution is -0.307. The Bertz CT molecular complexity index is 695. The number of aliphatic hydroxyl groups is 1. The zero-order valence-electron chi connectivity index (χ0n) is 15.5. The molecule has 1 aliphatic heterocycles. The van der Waals surface area contributed by atoms with Gasteiger partial charge in [0.25, 0.3) is 0 Å². The zero-order chi connectivity index (χ0) is 20.5. The number of alkyl halides is 3. The van der Waals surface area contributed by atoms with Crippen molar-refractivity contribution in [1.29, 1.82) is 0 Å². The van der Waals surface area contributed by atoms with Crippen LogP contribution in [0, 0.1) is 0 Å². The molecule has 0 radical (unpaired) electrons. The van der Waals surface area contributed by atoms with Gasteiger partial charge in [-0.3, -0.25) is 0 Å². The van der Waals surface area contributed by atoms with Gasteiger partial charge in [0.05, 0.1) is 5.56 Å². The topological polar surface area (TPSA) is 65.0 Å². The van der Waals surface area contributed by atoms with E-state index < -0.39 is 42.3 Å². The van der Waals surface area contributed by atoms with E-state index in [1.54, 1.807) is 32.0 Å². The van der Waals surface area contributed by atoms with Gasteiger partial charge in [-0.05, 0) is 39.8 Å². The first-order valence-corrected chi connectivity index (χ1v) is 8.38. The average molecular weight is 388 g/mol. The number of halogens is 3. The van der Waals surface area contributed by atoms with Gasteiger partial charge in [0.15, 0.2) is 5.79 Å². The molecule has 2 rings (SSSR count). The Morgan fingerprint density at radius 3 is 2.33 bits per heavy atom. The highest BCUT2D eigenvalue weighted by Gasteiger charge is 2.65. The van der Waals surface area contributed by atoms with Gasteiger partial charge in [0, 0.05) is 0 Å². The van der Waals surface area contributed by atoms with Crippen LogP contribution in [0.5, 0.6) is 0 Å². The van der Waals surface area contributed by atoms with E-state index in [2.05, 4.69) is 0 Å². The number of ether oxygens (including phenoxy) is 3. The van der Waals surface area contributed by atoms with E-state index >= 15 is 0 Å². The van der Waals surface area contributed by atoms with Crippen molar-refractivity contribution < 1.29 is 37.3 Å². The lowest BCUT2D eigenvalue weighted by Crippen LogP contribution is -2.61. The summed E-state index contributed by atoms with van der Waals surface area (Å²) in [6.45, 7) is 4.96. The summed E-state index contributed by atoms with van der Waals surface area (Å²) in [7, 11) is 0. The van der Waals surface area contributed by atoms with Crippen LogP contribution < -0.4 is 0 Å². The lowest BCUT2D eigenvalue weighted by Gasteiger charge is -2.35. The van der Waals surface area contributed by atoms with Gasteiger partial charge < -0.3 is 19.3 Å². The average Bonchev–Trinajstić information content (AvgIpc) is 2.86. The second kappa shape index (κ2) is 7.61. The summed E-state index contributed by atoms with van der Waals surface area (Å²) >= 11 is 0. The van der Waals surface area contributed by atoms with E-state index in [9.17, 15) is 23.1 Å². The molecule has 1 saturated heterocycles. The van der Waals surface area contributed by atoms with E-state index in [1.165, 1.54) is 32.1 Å². The van der Waals surface area contributed by atoms with Crippen LogP contribution in [0.15, 0.2) is 42.0 Å². The van der Waals surface area contributed by atoms with E-state index in [1.807, 2.05) is 0 Å². The highest BCUT2D eigenvalue weighted by Crippen LogP contribution is 2.43. The number of carbonyl (C=O) groups is 1. The summed E-state index contributed by atoms with van der Waals surface area (Å²) in [6.07, 6.45) is -6.64. The quantitative estimate of drug-likeness (QED) is 0.617. The fourth-order valence-electron chi connectivity index (χ4n) is 2.77. The minimum absolute atomic E-state index is 0.0757. The van der Waals surface area contributed by atoms with Crippen molar-refractivity contribution in [1.82, 2.24) is 0 Å². The second-order valence-electron chi connectivity index (χ2n) is 7.13. The molecule has 3 atom stereocenters. The molecule has 1 aliphatic rings. The van der Waals surface area contributed by atoms with E-state index in [-0.39, 0.29) is 5.56 Å². The molecule has 0 saturated carbocycles. The van der Waals surface area contributed by atoms with Crippen molar-refractivity contribution in [3.63, 3.8) is 0 Å². The number of benzene rings is 1. The largest absolute Gasteiger partial charge is 0.459 e. The predicted octanol–water partition coefficient (Wildman–Crippen LogP) is 3.62. The minimum atomic E-state index is -5.12. The number of allylic oxidation sites excluding steroid dienone is 1. The summed E-state index contributed by atoms with van der Waals surface area (Å²) in [5.41, 5.74) is -2.68. The molecule has 0 aliphatic carbocycles. The second-order valence-corrected chi connectivity index (χ2v) is 7.13. The van der Waals surface area contributed by atoms with Gasteiger partial charge in [-0.1, -0.05) is 29.8 Å². The Morgan fingerprint density at radius 2 is 1.81 bits per heavy atom. The number of esters is 1. The smallest absolute Gasteiger partial charge is 0.423 e. The fraction of sp³-hybridized carbons (Fsp3) is 0.526. The van der Waals surface area contributed by atoms with Crippen molar-refractivity contribution in [2.45, 2.75) is 57.5 Å². The SMILES string of the molecule is CC(C)=C[C@@H]1OC(C)(C)O[C@@H]1C(O)(COC(=O)c1ccccc1)C(F)(F)F. The van der Waals surface area contributed by atoms with Crippen LogP contribution in [-0.4, -0.2) is 47.5 Å². The molecule has 0 aromatic heterocycles. The van der Waals surface area contributed by atoms with Gasteiger partial charge in [0.2, 0.25) is 5.60 Å². The molecule has 0 bridgehead atoms. The Labute approximate surface area is 155 Å². The normalized spacial score (nSPS) is 24.1. The van der Waals surface area contributed by atoms with E-state index in [0.717, 1.165) is 0 Å². The molecule has 5 nitrogen and oxygen atoms in total. The first-order valence-electron chi connectivity index (χ1n) is 8.38. The van der Waals surface area contributed by atoms with Crippen molar-refractivity contribution in [2.24, 2.45) is 0 Å². The minimum Gasteiger partial charge on any atom is -0.459 e. The van der Waals surface area contributed by atoms with Crippen LogP contribution in [0.1, 0.15) is 38.1 Å². The van der Waals surface area contributed by atoms with Gasteiger partial charge in [-0.15, -0.1) is 0 Å². The molecular weight excluding hydrogens is 365 g/mol. The van der Waals surface area contributed by atoms with Crippen LogP contribution in [0.4, 0.5) is 13.2 Å². The van der Waals surface area contributed by atoms with Gasteiger partial charge in [-0.2, -0.15) is 13.2 Å². The molecule has 8 heteroatoms. The van der Waals surface area contributed by atoms with Crippen molar-refractivity contribution >= 4 is 5.97 Å². The zero-order valence-corrected chi connectivity index (χ0v) is 15.5. The Morgan fingerprint density at radius 1 is 1.22 bits per heavy atom. The molecule has 1 aromatic carbocycles. The molecular formula is C19H23F3O5. The summed E-state index contributed by atoms with van der Waals surface area (Å²) in [6, 6.07) is 7.55. The first-order chi connectivity index (χ1) is 12.4. The first kappa shape index (κ1) is 21.4. The highest BCUT2D eigenvalue weighted by atomic mass is 19.4. The van der Waals surface area contributed by atoms with Gasteiger partial charge >= 0.3 is 12.1 Å². The van der Waals surface area contributed by atoms with Gasteiger partial charge in [-0.25, -0.2) is 4.79 Å². The summed E-state index contributed by atoms with van der Waals surface area (Å²) in [5.74, 6) is -2.32. The monoisotopic (exact) mass is 388 g/mol. The standard InChI is InChI=1S/C19H23F3O5/c1-12(2)10-14-15(27-17(3,4)26-14)18(24,19(20,21)22)11-25-16(23)13-8-6-5-7-9-13/h5-10,14-15,24H,11H2,1-4H3/t14-,15-,18?/m0/s1. The molecule has 0 amide bonds. The Kier molecular flexibility index (Phi) is 6.03. The van der Waals surface area contributed by atoms with Crippen LogP contribution >= 0.6 is 0 Å². The van der Waals surface area contributed by atoms with E-state index in [4.69, 9.17) is 14.2 Å². The molecule has 1 unspecified atom stereocenters. The number of carbonyl (C=O) groups excluding carboxylic acids is 1. The third kappa shape index (κ3) is 4.88. The summed E-state index contributed by atoms with van der Waals surface area (Å²) < 4.78 is 57.0. The van der Waals surface area contributed by atoms with Crippen LogP contribution in [0.25, 0.3) is 0 Å². The molecule has 0 spiro atoms. The Hall–Kier alpha value is -1.90. The van der Waals surface area contributed by atoms with Crippen LogP contribution in [-0.2, 0) is 14.2 Å². The molecule has 1 fully saturated rings. The Balaban J connectivity index is 2.30. The number of hydrogen-bond acceptors (Lipinski definition) is 5. The van der Waals surface area contributed by atoms with Crippen LogP contribution in [0.3, 0.4) is 0 Å². The predicted molar refractivity (Wildman–Crippen MR) is 91.0 cm³/mol. The molecule has 150 valence electrons. The maximum absolute atomic E-state index is 13.8. The van der Waals surface area contributed by atoms with Crippen molar-refractivity contribution in [2.75, 3.05) is 6.61 Å². The maximum Gasteiger partial charge on any atom is 0.423 e. The molecule has 27 heavy (non-hydrogen) atoms.